The van der Waals surface area contributed by atoms with Crippen molar-refractivity contribution in [2.45, 2.75) is 20.0 Å². The van der Waals surface area contributed by atoms with E-state index in [2.05, 4.69) is 5.32 Å². The zero-order chi connectivity index (χ0) is 18.9. The Hall–Kier alpha value is -2.38. The van der Waals surface area contributed by atoms with Crippen molar-refractivity contribution in [3.63, 3.8) is 0 Å². The highest BCUT2D eigenvalue weighted by molar-refractivity contribution is 7.12. The van der Waals surface area contributed by atoms with Crippen LogP contribution in [-0.2, 0) is 22.6 Å². The molecule has 2 aromatic rings. The summed E-state index contributed by atoms with van der Waals surface area (Å²) in [5.74, 6) is -1.17. The van der Waals surface area contributed by atoms with Crippen molar-refractivity contribution in [1.29, 1.82) is 0 Å². The van der Waals surface area contributed by atoms with Gasteiger partial charge in [0.15, 0.2) is 0 Å². The molecule has 1 atom stereocenters. The highest BCUT2D eigenvalue weighted by Crippen LogP contribution is 2.18. The van der Waals surface area contributed by atoms with E-state index >= 15 is 0 Å². The monoisotopic (exact) mass is 377 g/mol. The predicted octanol–water partition coefficient (Wildman–Crippen LogP) is 2.97. The van der Waals surface area contributed by atoms with Crippen molar-refractivity contribution >= 4 is 23.2 Å². The van der Waals surface area contributed by atoms with Gasteiger partial charge in [-0.2, -0.15) is 0 Å². The molecule has 0 radical (unpaired) electrons. The Morgan fingerprint density at radius 1 is 1.23 bits per heavy atom. The lowest BCUT2D eigenvalue weighted by molar-refractivity contribution is -0.141. The number of benzene rings is 1. The molecule has 2 N–H and O–H groups in total. The summed E-state index contributed by atoms with van der Waals surface area (Å²) in [6, 6.07) is 9.16. The number of carboxylic acids is 1. The fourth-order valence-corrected chi connectivity index (χ4v) is 3.35. The van der Waals surface area contributed by atoms with Crippen molar-refractivity contribution < 1.29 is 24.2 Å². The van der Waals surface area contributed by atoms with E-state index in [0.29, 0.717) is 24.5 Å². The van der Waals surface area contributed by atoms with Crippen molar-refractivity contribution in [2.24, 2.45) is 5.92 Å². The minimum Gasteiger partial charge on any atom is -0.494 e. The summed E-state index contributed by atoms with van der Waals surface area (Å²) < 4.78 is 10.5. The number of carbonyl (C=O) groups is 2. The molecule has 0 aliphatic carbocycles. The van der Waals surface area contributed by atoms with Crippen LogP contribution in [0.25, 0.3) is 0 Å². The number of carboxylic acid groups (broad SMARTS) is 1. The molecule has 1 unspecified atom stereocenters. The summed E-state index contributed by atoms with van der Waals surface area (Å²) in [5, 5.41) is 14.0. The van der Waals surface area contributed by atoms with Crippen molar-refractivity contribution in [3.05, 3.63) is 51.7 Å². The number of methoxy groups -OCH3 is 1. The molecular formula is C19H23NO5S. The fraction of sp³-hybridized carbons (Fsp3) is 0.368. The second-order valence-corrected chi connectivity index (χ2v) is 6.65. The van der Waals surface area contributed by atoms with E-state index in [0.717, 1.165) is 16.9 Å². The van der Waals surface area contributed by atoms with Crippen LogP contribution < -0.4 is 10.1 Å². The summed E-state index contributed by atoms with van der Waals surface area (Å²) in [4.78, 5) is 24.4. The van der Waals surface area contributed by atoms with E-state index in [9.17, 15) is 14.7 Å². The average Bonchev–Trinajstić information content (AvgIpc) is 3.08. The summed E-state index contributed by atoms with van der Waals surface area (Å²) in [6.45, 7) is 2.89. The number of ether oxygens (including phenoxy) is 2. The highest BCUT2D eigenvalue weighted by Gasteiger charge is 2.21. The Kier molecular flexibility index (Phi) is 7.62. The molecule has 1 heterocycles. The number of hydrogen-bond acceptors (Lipinski definition) is 5. The number of hydrogen-bond donors (Lipinski definition) is 2. The lowest BCUT2D eigenvalue weighted by Gasteiger charge is -2.14. The van der Waals surface area contributed by atoms with Crippen molar-refractivity contribution in [3.8, 4) is 5.75 Å². The van der Waals surface area contributed by atoms with Gasteiger partial charge in [0.25, 0.3) is 5.91 Å². The number of thiophene rings is 1. The van der Waals surface area contributed by atoms with Gasteiger partial charge in [-0.1, -0.05) is 12.1 Å². The van der Waals surface area contributed by atoms with Gasteiger partial charge in [-0.3, -0.25) is 9.59 Å². The maximum Gasteiger partial charge on any atom is 0.308 e. The van der Waals surface area contributed by atoms with Crippen LogP contribution in [0.5, 0.6) is 5.75 Å². The smallest absolute Gasteiger partial charge is 0.308 e. The van der Waals surface area contributed by atoms with E-state index in [4.69, 9.17) is 9.47 Å². The van der Waals surface area contributed by atoms with E-state index in [1.165, 1.54) is 11.3 Å². The van der Waals surface area contributed by atoms with Gasteiger partial charge in [0.1, 0.15) is 5.75 Å². The number of nitrogens with one attached hydrogen (secondary N) is 1. The Bertz CT molecular complexity index is 726. The molecule has 0 saturated heterocycles. The highest BCUT2D eigenvalue weighted by atomic mass is 32.1. The van der Waals surface area contributed by atoms with Crippen molar-refractivity contribution in [2.75, 3.05) is 20.3 Å². The normalized spacial score (nSPS) is 11.8. The second kappa shape index (κ2) is 9.94. The van der Waals surface area contributed by atoms with Gasteiger partial charge in [0, 0.05) is 19.2 Å². The van der Waals surface area contributed by atoms with Gasteiger partial charge in [-0.15, -0.1) is 11.3 Å². The molecule has 0 aliphatic rings. The lowest BCUT2D eigenvalue weighted by atomic mass is 9.99. The van der Waals surface area contributed by atoms with Crippen LogP contribution in [-0.4, -0.2) is 37.2 Å². The molecule has 6 nitrogen and oxygen atoms in total. The number of carbonyl (C=O) groups excluding carboxylic acids is 1. The average molecular weight is 377 g/mol. The molecular weight excluding hydrogens is 354 g/mol. The molecule has 0 bridgehead atoms. The maximum absolute atomic E-state index is 12.3. The maximum atomic E-state index is 12.3. The van der Waals surface area contributed by atoms with E-state index in [1.54, 1.807) is 7.11 Å². The van der Waals surface area contributed by atoms with Crippen molar-refractivity contribution in [1.82, 2.24) is 5.32 Å². The second-order valence-electron chi connectivity index (χ2n) is 5.73. The van der Waals surface area contributed by atoms with Gasteiger partial charge >= 0.3 is 5.97 Å². The zero-order valence-electron chi connectivity index (χ0n) is 14.9. The quantitative estimate of drug-likeness (QED) is 0.665. The molecule has 0 saturated carbocycles. The minimum atomic E-state index is -0.942. The number of rotatable bonds is 10. The number of amides is 1. The molecule has 1 aromatic heterocycles. The van der Waals surface area contributed by atoms with Crippen LogP contribution in [0, 0.1) is 5.92 Å². The van der Waals surface area contributed by atoms with Gasteiger partial charge in [0.05, 0.1) is 24.0 Å². The minimum absolute atomic E-state index is 0.0612. The molecule has 0 aliphatic heterocycles. The largest absolute Gasteiger partial charge is 0.494 e. The Balaban J connectivity index is 1.96. The van der Waals surface area contributed by atoms with E-state index in [1.807, 2.05) is 42.6 Å². The fourth-order valence-electron chi connectivity index (χ4n) is 2.52. The van der Waals surface area contributed by atoms with Gasteiger partial charge in [0.2, 0.25) is 0 Å². The molecule has 26 heavy (non-hydrogen) atoms. The van der Waals surface area contributed by atoms with Crippen LogP contribution in [0.3, 0.4) is 0 Å². The first-order valence-electron chi connectivity index (χ1n) is 8.33. The Labute approximate surface area is 156 Å². The van der Waals surface area contributed by atoms with Crippen LogP contribution in [0.15, 0.2) is 35.7 Å². The third-order valence-electron chi connectivity index (χ3n) is 3.83. The molecule has 2 rings (SSSR count). The van der Waals surface area contributed by atoms with Gasteiger partial charge < -0.3 is 19.9 Å². The van der Waals surface area contributed by atoms with E-state index < -0.39 is 11.9 Å². The molecule has 1 aromatic carbocycles. The third kappa shape index (κ3) is 5.57. The summed E-state index contributed by atoms with van der Waals surface area (Å²) in [5.41, 5.74) is 1.68. The SMILES string of the molecule is CCOc1ccc(CC(CNC(=O)c2sccc2COC)C(=O)O)cc1. The van der Waals surface area contributed by atoms with Crippen LogP contribution >= 0.6 is 11.3 Å². The molecule has 7 heteroatoms. The Morgan fingerprint density at radius 2 is 1.96 bits per heavy atom. The summed E-state index contributed by atoms with van der Waals surface area (Å²) in [6.07, 6.45) is 0.331. The first-order chi connectivity index (χ1) is 12.5. The molecule has 140 valence electrons. The molecule has 0 spiro atoms. The number of aliphatic carboxylic acids is 1. The predicted molar refractivity (Wildman–Crippen MR) is 99.8 cm³/mol. The molecule has 1 amide bonds. The third-order valence-corrected chi connectivity index (χ3v) is 4.78. The van der Waals surface area contributed by atoms with Gasteiger partial charge in [-0.25, -0.2) is 0 Å². The first-order valence-corrected chi connectivity index (χ1v) is 9.21. The van der Waals surface area contributed by atoms with E-state index in [-0.39, 0.29) is 12.5 Å². The van der Waals surface area contributed by atoms with Gasteiger partial charge in [-0.05, 0) is 42.5 Å². The van der Waals surface area contributed by atoms with Crippen LogP contribution in [0.1, 0.15) is 27.7 Å². The Morgan fingerprint density at radius 3 is 2.58 bits per heavy atom. The zero-order valence-corrected chi connectivity index (χ0v) is 15.7. The van der Waals surface area contributed by atoms with Crippen LogP contribution in [0.2, 0.25) is 0 Å². The van der Waals surface area contributed by atoms with Crippen LogP contribution in [0.4, 0.5) is 0 Å². The summed E-state index contributed by atoms with van der Waals surface area (Å²) in [7, 11) is 1.57. The topological polar surface area (TPSA) is 84.9 Å². The summed E-state index contributed by atoms with van der Waals surface area (Å²) >= 11 is 1.31. The standard InChI is InChI=1S/C19H23NO5S/c1-3-25-16-6-4-13(5-7-16)10-15(19(22)23)11-20-18(21)17-14(12-24-2)8-9-26-17/h4-9,15H,3,10-12H2,1-2H3,(H,20,21)(H,22,23). The molecule has 0 fully saturated rings. The first kappa shape index (κ1) is 19.9. The lowest BCUT2D eigenvalue weighted by Crippen LogP contribution is -2.34.